The van der Waals surface area contributed by atoms with Crippen molar-refractivity contribution in [1.29, 1.82) is 0 Å². The first kappa shape index (κ1) is 16.0. The fraction of sp³-hybridized carbons (Fsp3) is 0.278. The lowest BCUT2D eigenvalue weighted by Crippen LogP contribution is -2.13. The van der Waals surface area contributed by atoms with Crippen molar-refractivity contribution in [3.8, 4) is 5.75 Å². The molecule has 0 spiro atoms. The number of anilines is 1. The van der Waals surface area contributed by atoms with Crippen LogP contribution in [0.1, 0.15) is 29.3 Å². The van der Waals surface area contributed by atoms with Crippen LogP contribution in [0.5, 0.6) is 5.75 Å². The monoisotopic (exact) mass is 299 g/mol. The van der Waals surface area contributed by atoms with E-state index in [1.165, 1.54) is 0 Å². The van der Waals surface area contributed by atoms with Gasteiger partial charge in [0.15, 0.2) is 0 Å². The van der Waals surface area contributed by atoms with E-state index in [4.69, 9.17) is 9.47 Å². The van der Waals surface area contributed by atoms with Gasteiger partial charge in [-0.3, -0.25) is 4.79 Å². The second kappa shape index (κ2) is 8.20. The van der Waals surface area contributed by atoms with Crippen LogP contribution in [0.4, 0.5) is 5.69 Å². The number of carbonyl (C=O) groups is 1. The van der Waals surface area contributed by atoms with Gasteiger partial charge in [-0.15, -0.1) is 0 Å². The number of para-hydroxylation sites is 2. The first-order valence-electron chi connectivity index (χ1n) is 7.35. The molecule has 4 heteroatoms. The van der Waals surface area contributed by atoms with Crippen molar-refractivity contribution in [2.75, 3.05) is 19.0 Å². The van der Waals surface area contributed by atoms with E-state index in [-0.39, 0.29) is 5.91 Å². The molecule has 0 heterocycles. The minimum atomic E-state index is -0.156. The van der Waals surface area contributed by atoms with Crippen molar-refractivity contribution in [2.24, 2.45) is 0 Å². The molecule has 0 atom stereocenters. The lowest BCUT2D eigenvalue weighted by Gasteiger charge is -2.12. The Morgan fingerprint density at radius 3 is 2.50 bits per heavy atom. The quantitative estimate of drug-likeness (QED) is 0.844. The van der Waals surface area contributed by atoms with Crippen LogP contribution in [0.15, 0.2) is 48.5 Å². The fourth-order valence-electron chi connectivity index (χ4n) is 2.02. The Morgan fingerprint density at radius 2 is 1.82 bits per heavy atom. The largest absolute Gasteiger partial charge is 0.491 e. The topological polar surface area (TPSA) is 47.6 Å². The lowest BCUT2D eigenvalue weighted by molar-refractivity contribution is 0.102. The molecule has 116 valence electrons. The van der Waals surface area contributed by atoms with Gasteiger partial charge in [0.05, 0.1) is 18.9 Å². The van der Waals surface area contributed by atoms with Gasteiger partial charge in [0.2, 0.25) is 0 Å². The minimum Gasteiger partial charge on any atom is -0.491 e. The smallest absolute Gasteiger partial charge is 0.255 e. The molecular formula is C18H21NO3. The van der Waals surface area contributed by atoms with Crippen LogP contribution in [0, 0.1) is 0 Å². The first-order valence-corrected chi connectivity index (χ1v) is 7.35. The van der Waals surface area contributed by atoms with E-state index >= 15 is 0 Å². The summed E-state index contributed by atoms with van der Waals surface area (Å²) >= 11 is 0. The molecule has 0 bridgehead atoms. The van der Waals surface area contributed by atoms with E-state index in [1.807, 2.05) is 43.3 Å². The van der Waals surface area contributed by atoms with E-state index in [0.717, 1.165) is 12.0 Å². The molecule has 0 saturated heterocycles. The normalized spacial score (nSPS) is 10.3. The molecule has 2 aromatic rings. The van der Waals surface area contributed by atoms with Crippen LogP contribution in [-0.4, -0.2) is 19.6 Å². The van der Waals surface area contributed by atoms with E-state index in [9.17, 15) is 4.79 Å². The highest BCUT2D eigenvalue weighted by Gasteiger charge is 2.09. The molecule has 2 rings (SSSR count). The summed E-state index contributed by atoms with van der Waals surface area (Å²) in [5.74, 6) is 0.533. The molecule has 1 amide bonds. The second-order valence-corrected chi connectivity index (χ2v) is 4.93. The maximum Gasteiger partial charge on any atom is 0.255 e. The number of nitrogens with one attached hydrogen (secondary N) is 1. The average molecular weight is 299 g/mol. The molecule has 0 fully saturated rings. The molecule has 0 aromatic heterocycles. The lowest BCUT2D eigenvalue weighted by atomic mass is 10.1. The van der Waals surface area contributed by atoms with Gasteiger partial charge in [-0.25, -0.2) is 0 Å². The molecule has 0 saturated carbocycles. The van der Waals surface area contributed by atoms with Crippen LogP contribution >= 0.6 is 0 Å². The summed E-state index contributed by atoms with van der Waals surface area (Å²) in [6.45, 7) is 3.21. The molecule has 0 aliphatic rings. The summed E-state index contributed by atoms with van der Waals surface area (Å²) in [6, 6.07) is 14.8. The van der Waals surface area contributed by atoms with Gasteiger partial charge in [0.25, 0.3) is 5.91 Å². The standard InChI is InChI=1S/C18H21NO3/c1-3-12-22-17-7-5-4-6-16(17)19-18(20)15-10-8-14(9-11-15)13-21-2/h4-11H,3,12-13H2,1-2H3,(H,19,20). The Labute approximate surface area is 131 Å². The molecular weight excluding hydrogens is 278 g/mol. The number of rotatable bonds is 7. The molecule has 0 aliphatic carbocycles. The number of hydrogen-bond acceptors (Lipinski definition) is 3. The number of carbonyl (C=O) groups excluding carboxylic acids is 1. The van der Waals surface area contributed by atoms with Crippen molar-refractivity contribution >= 4 is 11.6 Å². The summed E-state index contributed by atoms with van der Waals surface area (Å²) in [4.78, 5) is 12.3. The van der Waals surface area contributed by atoms with Crippen LogP contribution < -0.4 is 10.1 Å². The Kier molecular flexibility index (Phi) is 5.98. The van der Waals surface area contributed by atoms with Crippen LogP contribution in [-0.2, 0) is 11.3 Å². The van der Waals surface area contributed by atoms with Crippen LogP contribution in [0.3, 0.4) is 0 Å². The Hall–Kier alpha value is -2.33. The summed E-state index contributed by atoms with van der Waals surface area (Å²) in [7, 11) is 1.65. The maximum absolute atomic E-state index is 12.3. The van der Waals surface area contributed by atoms with Crippen LogP contribution in [0.25, 0.3) is 0 Å². The average Bonchev–Trinajstić information content (AvgIpc) is 2.55. The fourth-order valence-corrected chi connectivity index (χ4v) is 2.02. The molecule has 0 unspecified atom stereocenters. The maximum atomic E-state index is 12.3. The van der Waals surface area contributed by atoms with E-state index < -0.39 is 0 Å². The van der Waals surface area contributed by atoms with Crippen molar-refractivity contribution in [3.63, 3.8) is 0 Å². The van der Waals surface area contributed by atoms with Crippen LogP contribution in [0.2, 0.25) is 0 Å². The highest BCUT2D eigenvalue weighted by Crippen LogP contribution is 2.24. The van der Waals surface area contributed by atoms with Gasteiger partial charge in [-0.2, -0.15) is 0 Å². The summed E-state index contributed by atoms with van der Waals surface area (Å²) < 4.78 is 10.7. The number of ether oxygens (including phenoxy) is 2. The predicted molar refractivity (Wildman–Crippen MR) is 87.3 cm³/mol. The van der Waals surface area contributed by atoms with Crippen molar-refractivity contribution in [3.05, 3.63) is 59.7 Å². The minimum absolute atomic E-state index is 0.156. The zero-order valence-corrected chi connectivity index (χ0v) is 13.0. The molecule has 22 heavy (non-hydrogen) atoms. The number of amides is 1. The van der Waals surface area contributed by atoms with Crippen molar-refractivity contribution in [2.45, 2.75) is 20.0 Å². The van der Waals surface area contributed by atoms with Crippen molar-refractivity contribution in [1.82, 2.24) is 0 Å². The summed E-state index contributed by atoms with van der Waals surface area (Å²) in [5, 5.41) is 2.89. The second-order valence-electron chi connectivity index (χ2n) is 4.93. The van der Waals surface area contributed by atoms with E-state index in [1.54, 1.807) is 19.2 Å². The first-order chi connectivity index (χ1) is 10.7. The summed E-state index contributed by atoms with van der Waals surface area (Å²) in [5.41, 5.74) is 2.32. The van der Waals surface area contributed by atoms with Crippen molar-refractivity contribution < 1.29 is 14.3 Å². The zero-order valence-electron chi connectivity index (χ0n) is 13.0. The third-order valence-corrected chi connectivity index (χ3v) is 3.12. The number of benzene rings is 2. The predicted octanol–water partition coefficient (Wildman–Crippen LogP) is 3.87. The highest BCUT2D eigenvalue weighted by atomic mass is 16.5. The van der Waals surface area contributed by atoms with Gasteiger partial charge < -0.3 is 14.8 Å². The Balaban J connectivity index is 2.08. The highest BCUT2D eigenvalue weighted by molar-refractivity contribution is 6.05. The molecule has 0 radical (unpaired) electrons. The molecule has 0 aliphatic heterocycles. The summed E-state index contributed by atoms with van der Waals surface area (Å²) in [6.07, 6.45) is 0.920. The molecule has 1 N–H and O–H groups in total. The Bertz CT molecular complexity index is 608. The Morgan fingerprint density at radius 1 is 1.09 bits per heavy atom. The number of methoxy groups -OCH3 is 1. The molecule has 4 nitrogen and oxygen atoms in total. The third kappa shape index (κ3) is 4.33. The zero-order chi connectivity index (χ0) is 15.8. The van der Waals surface area contributed by atoms with Gasteiger partial charge in [-0.1, -0.05) is 31.2 Å². The van der Waals surface area contributed by atoms with Gasteiger partial charge in [0.1, 0.15) is 5.75 Å². The van der Waals surface area contributed by atoms with Gasteiger partial charge in [-0.05, 0) is 36.2 Å². The SMILES string of the molecule is CCCOc1ccccc1NC(=O)c1ccc(COC)cc1. The van der Waals surface area contributed by atoms with Gasteiger partial charge in [0, 0.05) is 12.7 Å². The third-order valence-electron chi connectivity index (χ3n) is 3.12. The number of hydrogen-bond donors (Lipinski definition) is 1. The van der Waals surface area contributed by atoms with Gasteiger partial charge >= 0.3 is 0 Å². The van der Waals surface area contributed by atoms with E-state index in [0.29, 0.717) is 30.2 Å². The van der Waals surface area contributed by atoms with E-state index in [2.05, 4.69) is 5.32 Å². The molecule has 2 aromatic carbocycles.